The van der Waals surface area contributed by atoms with Gasteiger partial charge in [-0.25, -0.2) is 13.6 Å². The van der Waals surface area contributed by atoms with E-state index in [1.54, 1.807) is 6.07 Å². The fourth-order valence-electron chi connectivity index (χ4n) is 1.27. The second-order valence-corrected chi connectivity index (χ2v) is 4.32. The molecule has 0 unspecified atom stereocenters. The number of carbonyl (C=O) groups is 1. The summed E-state index contributed by atoms with van der Waals surface area (Å²) in [4.78, 5) is 11.6. The van der Waals surface area contributed by atoms with E-state index >= 15 is 0 Å². The number of alkyl halides is 4. The van der Waals surface area contributed by atoms with E-state index in [0.717, 1.165) is 11.5 Å². The molecule has 0 N–H and O–H groups in total. The maximum Gasteiger partial charge on any atom is 0.340 e. The van der Waals surface area contributed by atoms with Crippen molar-refractivity contribution in [2.45, 2.75) is 12.3 Å². The summed E-state index contributed by atoms with van der Waals surface area (Å²) in [6.07, 6.45) is -3.89. The summed E-state index contributed by atoms with van der Waals surface area (Å²) >= 11 is 0.884. The largest absolute Gasteiger partial charge is 0.455 e. The van der Waals surface area contributed by atoms with Crippen molar-refractivity contribution < 1.29 is 27.1 Å². The van der Waals surface area contributed by atoms with E-state index < -0.39 is 24.9 Å². The lowest BCUT2D eigenvalue weighted by molar-refractivity contribution is -0.155. The van der Waals surface area contributed by atoms with Crippen LogP contribution in [0.4, 0.5) is 17.6 Å². The van der Waals surface area contributed by atoms with Crippen molar-refractivity contribution in [3.8, 4) is 0 Å². The molecule has 2 aromatic rings. The Balaban J connectivity index is 2.15. The van der Waals surface area contributed by atoms with Crippen molar-refractivity contribution in [2.75, 3.05) is 6.61 Å². The van der Waals surface area contributed by atoms with Crippen LogP contribution in [0.1, 0.15) is 10.4 Å². The van der Waals surface area contributed by atoms with Crippen molar-refractivity contribution in [1.29, 1.82) is 0 Å². The first-order valence-electron chi connectivity index (χ1n) is 4.96. The molecule has 9 heteroatoms. The van der Waals surface area contributed by atoms with Crippen LogP contribution in [0.5, 0.6) is 0 Å². The standard InChI is InChI=1S/C10H6F4N2O2S/c11-9(12)10(13,14)4-18-8(17)5-2-1-3-6-7(5)19-16-15-6/h1-3,9H,4H2. The normalized spacial score (nSPS) is 12.1. The van der Waals surface area contributed by atoms with Gasteiger partial charge in [0.25, 0.3) is 0 Å². The van der Waals surface area contributed by atoms with Crippen molar-refractivity contribution in [1.82, 2.24) is 9.59 Å². The predicted octanol–water partition coefficient (Wildman–Crippen LogP) is 2.75. The number of hydrogen-bond donors (Lipinski definition) is 0. The Hall–Kier alpha value is -1.77. The summed E-state index contributed by atoms with van der Waals surface area (Å²) in [5, 5.41) is 3.69. The summed E-state index contributed by atoms with van der Waals surface area (Å²) in [6.45, 7) is -1.67. The number of aromatic nitrogens is 2. The quantitative estimate of drug-likeness (QED) is 0.642. The Morgan fingerprint density at radius 1 is 1.42 bits per heavy atom. The van der Waals surface area contributed by atoms with Crippen molar-refractivity contribution in [3.63, 3.8) is 0 Å². The fraction of sp³-hybridized carbons (Fsp3) is 0.300. The molecule has 1 aromatic heterocycles. The van der Waals surface area contributed by atoms with Gasteiger partial charge in [0.05, 0.1) is 10.3 Å². The number of benzene rings is 1. The van der Waals surface area contributed by atoms with Gasteiger partial charge in [0.1, 0.15) is 5.52 Å². The van der Waals surface area contributed by atoms with Gasteiger partial charge in [-0.3, -0.25) is 0 Å². The minimum absolute atomic E-state index is 0.0300. The van der Waals surface area contributed by atoms with Gasteiger partial charge in [-0.15, -0.1) is 5.10 Å². The van der Waals surface area contributed by atoms with E-state index in [1.165, 1.54) is 12.1 Å². The van der Waals surface area contributed by atoms with Crippen LogP contribution in [-0.2, 0) is 4.74 Å². The van der Waals surface area contributed by atoms with Gasteiger partial charge in [0.2, 0.25) is 0 Å². The number of ether oxygens (including phenoxy) is 1. The average Bonchev–Trinajstić information content (AvgIpc) is 2.83. The molecule has 0 aliphatic heterocycles. The van der Waals surface area contributed by atoms with Gasteiger partial charge < -0.3 is 4.74 Å². The van der Waals surface area contributed by atoms with E-state index in [0.29, 0.717) is 10.2 Å². The smallest absolute Gasteiger partial charge is 0.340 e. The van der Waals surface area contributed by atoms with Gasteiger partial charge in [-0.2, -0.15) is 8.78 Å². The highest BCUT2D eigenvalue weighted by Gasteiger charge is 2.42. The molecule has 0 saturated heterocycles. The molecule has 4 nitrogen and oxygen atoms in total. The molecular formula is C10H6F4N2O2S. The third kappa shape index (κ3) is 2.80. The number of nitrogens with zero attached hydrogens (tertiary/aromatic N) is 2. The molecule has 0 saturated carbocycles. The first-order valence-corrected chi connectivity index (χ1v) is 5.73. The zero-order chi connectivity index (χ0) is 14.0. The molecule has 102 valence electrons. The minimum Gasteiger partial charge on any atom is -0.455 e. The van der Waals surface area contributed by atoms with E-state index in [4.69, 9.17) is 0 Å². The predicted molar refractivity (Wildman–Crippen MR) is 58.6 cm³/mol. The van der Waals surface area contributed by atoms with Crippen LogP contribution < -0.4 is 0 Å². The molecule has 0 fully saturated rings. The van der Waals surface area contributed by atoms with Crippen LogP contribution in [0.3, 0.4) is 0 Å². The van der Waals surface area contributed by atoms with Gasteiger partial charge in [0, 0.05) is 0 Å². The Labute approximate surface area is 108 Å². The summed E-state index contributed by atoms with van der Waals surface area (Å²) in [5.41, 5.74) is 0.373. The molecule has 19 heavy (non-hydrogen) atoms. The van der Waals surface area contributed by atoms with Crippen LogP contribution in [0, 0.1) is 0 Å². The average molecular weight is 294 g/mol. The molecule has 1 heterocycles. The van der Waals surface area contributed by atoms with Crippen LogP contribution in [0.25, 0.3) is 10.2 Å². The minimum atomic E-state index is -4.37. The van der Waals surface area contributed by atoms with Crippen molar-refractivity contribution in [2.24, 2.45) is 0 Å². The molecule has 0 radical (unpaired) electrons. The second-order valence-electron chi connectivity index (χ2n) is 3.56. The Bertz CT molecular complexity index is 602. The molecule has 0 aliphatic rings. The molecule has 0 amide bonds. The Morgan fingerprint density at radius 3 is 2.84 bits per heavy atom. The third-order valence-electron chi connectivity index (χ3n) is 2.21. The third-order valence-corrected chi connectivity index (χ3v) is 2.98. The van der Waals surface area contributed by atoms with E-state index in [-0.39, 0.29) is 5.56 Å². The summed E-state index contributed by atoms with van der Waals surface area (Å²) in [5.74, 6) is -5.48. The maximum absolute atomic E-state index is 12.6. The lowest BCUT2D eigenvalue weighted by atomic mass is 10.2. The van der Waals surface area contributed by atoms with Gasteiger partial charge in [-0.05, 0) is 23.7 Å². The van der Waals surface area contributed by atoms with E-state index in [1.807, 2.05) is 0 Å². The number of hydrogen-bond acceptors (Lipinski definition) is 5. The number of fused-ring (bicyclic) bond motifs is 1. The molecule has 0 aliphatic carbocycles. The topological polar surface area (TPSA) is 52.1 Å². The van der Waals surface area contributed by atoms with Gasteiger partial charge in [-0.1, -0.05) is 10.6 Å². The van der Waals surface area contributed by atoms with E-state index in [2.05, 4.69) is 14.3 Å². The van der Waals surface area contributed by atoms with Crippen molar-refractivity contribution >= 4 is 27.7 Å². The highest BCUT2D eigenvalue weighted by atomic mass is 32.1. The summed E-state index contributed by atoms with van der Waals surface area (Å²) in [6, 6.07) is 4.36. The maximum atomic E-state index is 12.6. The number of carbonyl (C=O) groups excluding carboxylic acids is 1. The Kier molecular flexibility index (Phi) is 3.65. The Morgan fingerprint density at radius 2 is 2.16 bits per heavy atom. The molecule has 1 aromatic carbocycles. The lowest BCUT2D eigenvalue weighted by Crippen LogP contribution is -2.33. The van der Waals surface area contributed by atoms with Crippen LogP contribution in [0.2, 0.25) is 0 Å². The number of halogens is 4. The number of esters is 1. The van der Waals surface area contributed by atoms with Crippen LogP contribution in [-0.4, -0.2) is 34.5 Å². The molecule has 0 bridgehead atoms. The summed E-state index contributed by atoms with van der Waals surface area (Å²) in [7, 11) is 0. The zero-order valence-electron chi connectivity index (χ0n) is 9.15. The highest BCUT2D eigenvalue weighted by Crippen LogP contribution is 2.25. The van der Waals surface area contributed by atoms with Crippen LogP contribution in [0.15, 0.2) is 18.2 Å². The van der Waals surface area contributed by atoms with E-state index in [9.17, 15) is 22.4 Å². The fourth-order valence-corrected chi connectivity index (χ4v) is 1.93. The van der Waals surface area contributed by atoms with Crippen LogP contribution >= 0.6 is 11.5 Å². The monoisotopic (exact) mass is 294 g/mol. The molecular weight excluding hydrogens is 288 g/mol. The molecule has 2 rings (SSSR count). The highest BCUT2D eigenvalue weighted by molar-refractivity contribution is 7.13. The van der Waals surface area contributed by atoms with Gasteiger partial charge in [0.15, 0.2) is 6.61 Å². The lowest BCUT2D eigenvalue weighted by Gasteiger charge is -2.14. The molecule has 0 atom stereocenters. The molecule has 0 spiro atoms. The first kappa shape index (κ1) is 13.7. The second kappa shape index (κ2) is 5.08. The number of rotatable bonds is 4. The first-order chi connectivity index (χ1) is 8.92. The SMILES string of the molecule is O=C(OCC(F)(F)C(F)F)c1cccc2nnsc12. The summed E-state index contributed by atoms with van der Waals surface area (Å²) < 4.78 is 57.2. The zero-order valence-corrected chi connectivity index (χ0v) is 9.96. The van der Waals surface area contributed by atoms with Gasteiger partial charge >= 0.3 is 18.3 Å². The van der Waals surface area contributed by atoms with Crippen molar-refractivity contribution in [3.05, 3.63) is 23.8 Å².